The van der Waals surface area contributed by atoms with Crippen molar-refractivity contribution >= 4 is 0 Å². The third kappa shape index (κ3) is 6.37. The summed E-state index contributed by atoms with van der Waals surface area (Å²) in [4.78, 5) is 2.46. The lowest BCUT2D eigenvalue weighted by Crippen LogP contribution is -2.43. The van der Waals surface area contributed by atoms with Crippen molar-refractivity contribution in [3.8, 4) is 11.5 Å². The first kappa shape index (κ1) is 22.0. The van der Waals surface area contributed by atoms with Gasteiger partial charge in [0.2, 0.25) is 0 Å². The molecule has 1 saturated heterocycles. The number of ether oxygens (including phenoxy) is 4. The molecule has 0 amide bonds. The number of hydrogen-bond acceptors (Lipinski definition) is 5. The van der Waals surface area contributed by atoms with Gasteiger partial charge >= 0.3 is 0 Å². The first-order valence-corrected chi connectivity index (χ1v) is 10.0. The zero-order valence-electron chi connectivity index (χ0n) is 17.9. The fourth-order valence-electron chi connectivity index (χ4n) is 3.52. The van der Waals surface area contributed by atoms with E-state index in [4.69, 9.17) is 18.9 Å². The quantitative estimate of drug-likeness (QED) is 0.544. The third-order valence-corrected chi connectivity index (χ3v) is 5.45. The maximum absolute atomic E-state index is 5.94. The molecule has 5 nitrogen and oxygen atoms in total. The summed E-state index contributed by atoms with van der Waals surface area (Å²) in [5.74, 6) is 2.75. The van der Waals surface area contributed by atoms with Crippen LogP contribution < -0.4 is 9.47 Å². The Morgan fingerprint density at radius 2 is 1.93 bits per heavy atom. The van der Waals surface area contributed by atoms with Crippen LogP contribution in [0.4, 0.5) is 0 Å². The molecule has 0 aliphatic carbocycles. The second kappa shape index (κ2) is 10.3. The van der Waals surface area contributed by atoms with Crippen LogP contribution in [0.15, 0.2) is 18.2 Å². The maximum atomic E-state index is 5.94. The van der Waals surface area contributed by atoms with Crippen molar-refractivity contribution in [2.24, 2.45) is 11.8 Å². The predicted molar refractivity (Wildman–Crippen MR) is 109 cm³/mol. The molecule has 0 aromatic heterocycles. The molecule has 1 aliphatic heterocycles. The van der Waals surface area contributed by atoms with Gasteiger partial charge < -0.3 is 18.9 Å². The summed E-state index contributed by atoms with van der Waals surface area (Å²) in [6.45, 7) is 13.1. The Morgan fingerprint density at radius 3 is 2.52 bits per heavy atom. The minimum absolute atomic E-state index is 0.164. The van der Waals surface area contributed by atoms with E-state index in [1.54, 1.807) is 14.2 Å². The molecule has 154 valence electrons. The molecule has 1 atom stereocenters. The van der Waals surface area contributed by atoms with E-state index in [0.29, 0.717) is 25.0 Å². The molecule has 2 rings (SSSR count). The van der Waals surface area contributed by atoms with Crippen molar-refractivity contribution in [3.63, 3.8) is 0 Å². The Labute approximate surface area is 164 Å². The number of benzene rings is 1. The van der Waals surface area contributed by atoms with Gasteiger partial charge in [0, 0.05) is 33.2 Å². The molecule has 27 heavy (non-hydrogen) atoms. The van der Waals surface area contributed by atoms with Crippen LogP contribution in [0, 0.1) is 11.8 Å². The van der Waals surface area contributed by atoms with Gasteiger partial charge in [0.25, 0.3) is 0 Å². The van der Waals surface area contributed by atoms with E-state index in [2.05, 4.69) is 44.7 Å². The summed E-state index contributed by atoms with van der Waals surface area (Å²) >= 11 is 0. The SMILES string of the molecule is COCCCOc1cc(C[C@H](CN2CCOC2(C)C)C(C)C)ccc1OC. The Kier molecular flexibility index (Phi) is 8.39. The van der Waals surface area contributed by atoms with Crippen molar-refractivity contribution in [3.05, 3.63) is 23.8 Å². The van der Waals surface area contributed by atoms with Gasteiger partial charge in [-0.2, -0.15) is 0 Å². The second-order valence-corrected chi connectivity index (χ2v) is 8.13. The topological polar surface area (TPSA) is 40.2 Å². The van der Waals surface area contributed by atoms with Crippen LogP contribution in [0.25, 0.3) is 0 Å². The van der Waals surface area contributed by atoms with Crippen LogP contribution in [-0.2, 0) is 15.9 Å². The van der Waals surface area contributed by atoms with Crippen LogP contribution in [-0.4, -0.2) is 57.8 Å². The number of nitrogens with zero attached hydrogens (tertiary/aromatic N) is 1. The van der Waals surface area contributed by atoms with Gasteiger partial charge in [-0.25, -0.2) is 0 Å². The first-order chi connectivity index (χ1) is 12.9. The summed E-state index contributed by atoms with van der Waals surface area (Å²) in [7, 11) is 3.39. The molecule has 0 bridgehead atoms. The van der Waals surface area contributed by atoms with Crippen LogP contribution in [0.5, 0.6) is 11.5 Å². The summed E-state index contributed by atoms with van der Waals surface area (Å²) in [5.41, 5.74) is 1.12. The molecule has 0 unspecified atom stereocenters. The van der Waals surface area contributed by atoms with Crippen LogP contribution in [0.2, 0.25) is 0 Å². The zero-order chi connectivity index (χ0) is 19.9. The molecule has 1 heterocycles. The lowest BCUT2D eigenvalue weighted by molar-refractivity contribution is -0.0573. The van der Waals surface area contributed by atoms with Gasteiger partial charge in [-0.1, -0.05) is 19.9 Å². The molecule has 0 saturated carbocycles. The summed E-state index contributed by atoms with van der Waals surface area (Å²) in [6.07, 6.45) is 1.88. The minimum Gasteiger partial charge on any atom is -0.493 e. The fourth-order valence-corrected chi connectivity index (χ4v) is 3.52. The highest BCUT2D eigenvalue weighted by molar-refractivity contribution is 5.43. The van der Waals surface area contributed by atoms with E-state index in [1.165, 1.54) is 5.56 Å². The van der Waals surface area contributed by atoms with Gasteiger partial charge in [0.1, 0.15) is 5.72 Å². The standard InChI is InChI=1S/C22H37NO4/c1-17(2)19(16-23-10-13-27-22(23,3)4)14-18-8-9-20(25-6)21(15-18)26-12-7-11-24-5/h8-9,15,17,19H,7,10-14,16H2,1-6H3/t19-/m1/s1. The minimum atomic E-state index is -0.164. The van der Waals surface area contributed by atoms with Gasteiger partial charge in [-0.15, -0.1) is 0 Å². The van der Waals surface area contributed by atoms with Gasteiger partial charge in [-0.05, 0) is 49.8 Å². The van der Waals surface area contributed by atoms with Crippen LogP contribution in [0.3, 0.4) is 0 Å². The number of methoxy groups -OCH3 is 2. The third-order valence-electron chi connectivity index (χ3n) is 5.45. The van der Waals surface area contributed by atoms with E-state index >= 15 is 0 Å². The Bertz CT molecular complexity index is 573. The molecule has 0 spiro atoms. The highest BCUT2D eigenvalue weighted by Crippen LogP contribution is 2.31. The monoisotopic (exact) mass is 379 g/mol. The molecular weight excluding hydrogens is 342 g/mol. The molecule has 1 aromatic carbocycles. The smallest absolute Gasteiger partial charge is 0.161 e. The van der Waals surface area contributed by atoms with Crippen LogP contribution >= 0.6 is 0 Å². The predicted octanol–water partition coefficient (Wildman–Crippen LogP) is 3.99. The summed E-state index contributed by atoms with van der Waals surface area (Å²) < 4.78 is 22.4. The summed E-state index contributed by atoms with van der Waals surface area (Å²) in [5, 5.41) is 0. The zero-order valence-corrected chi connectivity index (χ0v) is 17.9. The normalized spacial score (nSPS) is 18.0. The van der Waals surface area contributed by atoms with Gasteiger partial charge in [0.15, 0.2) is 11.5 Å². The molecule has 0 radical (unpaired) electrons. The Hall–Kier alpha value is -1.30. The van der Waals surface area contributed by atoms with Crippen molar-refractivity contribution < 1.29 is 18.9 Å². The molecule has 0 N–H and O–H groups in total. The average Bonchev–Trinajstić information content (AvgIpc) is 2.96. The molecule has 1 aliphatic rings. The Balaban J connectivity index is 2.05. The highest BCUT2D eigenvalue weighted by Gasteiger charge is 2.34. The largest absolute Gasteiger partial charge is 0.493 e. The lowest BCUT2D eigenvalue weighted by Gasteiger charge is -2.34. The van der Waals surface area contributed by atoms with Crippen molar-refractivity contribution in [1.29, 1.82) is 0 Å². The van der Waals surface area contributed by atoms with Crippen molar-refractivity contribution in [1.82, 2.24) is 4.90 Å². The average molecular weight is 380 g/mol. The van der Waals surface area contributed by atoms with E-state index in [1.807, 2.05) is 6.07 Å². The van der Waals surface area contributed by atoms with E-state index in [0.717, 1.165) is 44.0 Å². The molecule has 5 heteroatoms. The molecular formula is C22H37NO4. The van der Waals surface area contributed by atoms with Gasteiger partial charge in [-0.3, -0.25) is 4.90 Å². The number of hydrogen-bond donors (Lipinski definition) is 0. The van der Waals surface area contributed by atoms with E-state index in [9.17, 15) is 0 Å². The van der Waals surface area contributed by atoms with Crippen LogP contribution in [0.1, 0.15) is 39.7 Å². The molecule has 1 aromatic rings. The number of rotatable bonds is 11. The van der Waals surface area contributed by atoms with E-state index in [-0.39, 0.29) is 5.72 Å². The van der Waals surface area contributed by atoms with Crippen molar-refractivity contribution in [2.45, 2.75) is 46.3 Å². The molecule has 1 fully saturated rings. The Morgan fingerprint density at radius 1 is 1.15 bits per heavy atom. The lowest BCUT2D eigenvalue weighted by atomic mass is 9.88. The summed E-state index contributed by atoms with van der Waals surface area (Å²) in [6, 6.07) is 6.30. The highest BCUT2D eigenvalue weighted by atomic mass is 16.5. The van der Waals surface area contributed by atoms with Gasteiger partial charge in [0.05, 0.1) is 20.3 Å². The van der Waals surface area contributed by atoms with E-state index < -0.39 is 0 Å². The second-order valence-electron chi connectivity index (χ2n) is 8.13. The maximum Gasteiger partial charge on any atom is 0.161 e. The van der Waals surface area contributed by atoms with Crippen molar-refractivity contribution in [2.75, 3.05) is 47.1 Å². The fraction of sp³-hybridized carbons (Fsp3) is 0.727. The first-order valence-electron chi connectivity index (χ1n) is 10.0.